The lowest BCUT2D eigenvalue weighted by atomic mass is 10.2. The monoisotopic (exact) mass is 494 g/mol. The van der Waals surface area contributed by atoms with E-state index < -0.39 is 37.5 Å². The van der Waals surface area contributed by atoms with Crippen molar-refractivity contribution in [3.8, 4) is 0 Å². The number of rotatable bonds is 2. The van der Waals surface area contributed by atoms with Gasteiger partial charge in [-0.1, -0.05) is 0 Å². The van der Waals surface area contributed by atoms with Crippen molar-refractivity contribution in [2.75, 3.05) is 19.6 Å². The van der Waals surface area contributed by atoms with Gasteiger partial charge in [0.2, 0.25) is 0 Å². The van der Waals surface area contributed by atoms with Crippen molar-refractivity contribution >= 4 is 26.4 Å². The fourth-order valence-electron chi connectivity index (χ4n) is 2.42. The summed E-state index contributed by atoms with van der Waals surface area (Å²) in [6, 6.07) is -0.252. The Balaban J connectivity index is 0.000000512. The molecule has 1 fully saturated rings. The lowest BCUT2D eigenvalue weighted by molar-refractivity contribution is -0.670. The number of ether oxygens (including phenoxy) is 1. The zero-order chi connectivity index (χ0) is 24.4. The first-order valence-corrected chi connectivity index (χ1v) is 11.6. The van der Waals surface area contributed by atoms with Gasteiger partial charge in [-0.25, -0.2) is 17.8 Å². The number of aromatic nitrogens is 2. The van der Waals surface area contributed by atoms with Crippen LogP contribution in [0.25, 0.3) is 0 Å². The Morgan fingerprint density at radius 1 is 1.16 bits per heavy atom. The predicted molar refractivity (Wildman–Crippen MR) is 99.7 cm³/mol. The van der Waals surface area contributed by atoms with Crippen LogP contribution in [-0.2, 0) is 32.1 Å². The van der Waals surface area contributed by atoms with E-state index in [9.17, 15) is 26.4 Å². The summed E-state index contributed by atoms with van der Waals surface area (Å²) in [5.74, 6) is 0. The van der Waals surface area contributed by atoms with Crippen LogP contribution in [0.15, 0.2) is 18.7 Å². The molecule has 0 aliphatic carbocycles. The fraction of sp³-hybridized carbons (Fsp3) is 0.733. The number of aryl methyl sites for hydroxylation is 1. The molecule has 0 N–H and O–H groups in total. The third-order valence-corrected chi connectivity index (χ3v) is 6.14. The number of carbonyl (C=O) groups excluding carboxylic acids is 1. The highest BCUT2D eigenvalue weighted by molar-refractivity contribution is 7.87. The fourth-order valence-corrected chi connectivity index (χ4v) is 3.88. The molecule has 1 amide bonds. The third-order valence-electron chi connectivity index (χ3n) is 3.84. The molecular weight excluding hydrogens is 469 g/mol. The minimum Gasteiger partial charge on any atom is -0.741 e. The van der Waals surface area contributed by atoms with Crippen molar-refractivity contribution in [3.63, 3.8) is 0 Å². The van der Waals surface area contributed by atoms with Gasteiger partial charge in [0.1, 0.15) is 18.0 Å². The Bertz CT molecular complexity index is 985. The average Bonchev–Trinajstić information content (AvgIpc) is 2.99. The Labute approximate surface area is 178 Å². The van der Waals surface area contributed by atoms with E-state index in [1.54, 1.807) is 22.7 Å². The van der Waals surface area contributed by atoms with E-state index >= 15 is 0 Å². The molecule has 1 aromatic rings. The maximum Gasteiger partial charge on any atom is 0.485 e. The molecule has 1 aliphatic rings. The van der Waals surface area contributed by atoms with E-state index in [0.717, 1.165) is 0 Å². The first-order chi connectivity index (χ1) is 13.8. The van der Waals surface area contributed by atoms with Gasteiger partial charge in [-0.05, 0) is 27.7 Å². The molecule has 16 heteroatoms. The van der Waals surface area contributed by atoms with E-state index in [2.05, 4.69) is 0 Å². The number of alkyl halides is 3. The number of hydrogen-bond donors (Lipinski definition) is 0. The number of amides is 1. The Morgan fingerprint density at radius 3 is 2.03 bits per heavy atom. The Morgan fingerprint density at radius 2 is 1.68 bits per heavy atom. The summed E-state index contributed by atoms with van der Waals surface area (Å²) in [5, 5.41) is 0. The van der Waals surface area contributed by atoms with Crippen LogP contribution in [-0.4, -0.2) is 77.4 Å². The molecule has 1 saturated heterocycles. The second kappa shape index (κ2) is 9.30. The number of piperazine rings is 1. The molecule has 0 unspecified atom stereocenters. The topological polar surface area (TPSA) is 133 Å². The zero-order valence-corrected chi connectivity index (χ0v) is 19.2. The maximum absolute atomic E-state index is 12.6. The highest BCUT2D eigenvalue weighted by atomic mass is 32.2. The Hall–Kier alpha value is -1.91. The predicted octanol–water partition coefficient (Wildman–Crippen LogP) is 0.398. The van der Waals surface area contributed by atoms with Gasteiger partial charge in [0.05, 0.1) is 7.05 Å². The quantitative estimate of drug-likeness (QED) is 0.330. The maximum atomic E-state index is 12.6. The summed E-state index contributed by atoms with van der Waals surface area (Å²) < 4.78 is 93.7. The number of nitrogens with zero attached hydrogens (tertiary/aromatic N) is 4. The first kappa shape index (κ1) is 27.1. The summed E-state index contributed by atoms with van der Waals surface area (Å²) in [6.07, 6.45) is 4.26. The number of halogens is 3. The van der Waals surface area contributed by atoms with Crippen molar-refractivity contribution in [2.45, 2.75) is 44.8 Å². The summed E-state index contributed by atoms with van der Waals surface area (Å²) in [5.41, 5.74) is -6.22. The average molecular weight is 495 g/mol. The van der Waals surface area contributed by atoms with Crippen molar-refractivity contribution < 1.29 is 48.7 Å². The van der Waals surface area contributed by atoms with Crippen molar-refractivity contribution in [3.05, 3.63) is 18.7 Å². The van der Waals surface area contributed by atoms with Crippen LogP contribution in [0.3, 0.4) is 0 Å². The van der Waals surface area contributed by atoms with E-state index in [-0.39, 0.29) is 19.1 Å². The smallest absolute Gasteiger partial charge is 0.485 e. The lowest BCUT2D eigenvalue weighted by Gasteiger charge is -2.38. The molecule has 1 aromatic heterocycles. The largest absolute Gasteiger partial charge is 0.741 e. The number of hydrogen-bond acceptors (Lipinski definition) is 7. The summed E-state index contributed by atoms with van der Waals surface area (Å²) in [6.45, 7) is 8.04. The SMILES string of the molecule is C[C@@H]1CN(S(=O)(=O)n2cc[n+](C)c2)CCN1C(=O)OC(C)(C)C.O=S(=O)([O-])C(F)(F)F. The number of imidazole rings is 1. The minimum absolute atomic E-state index is 0.240. The molecule has 11 nitrogen and oxygen atoms in total. The van der Waals surface area contributed by atoms with E-state index in [0.29, 0.717) is 6.54 Å². The molecule has 1 atom stereocenters. The lowest BCUT2D eigenvalue weighted by Crippen LogP contribution is -2.56. The van der Waals surface area contributed by atoms with Crippen LogP contribution >= 0.6 is 0 Å². The normalized spacial score (nSPS) is 18.9. The van der Waals surface area contributed by atoms with Gasteiger partial charge in [-0.2, -0.15) is 25.9 Å². The van der Waals surface area contributed by atoms with Crippen LogP contribution in [0.2, 0.25) is 0 Å². The van der Waals surface area contributed by atoms with Crippen LogP contribution < -0.4 is 4.57 Å². The van der Waals surface area contributed by atoms with Gasteiger partial charge >= 0.3 is 21.8 Å². The van der Waals surface area contributed by atoms with Gasteiger partial charge < -0.3 is 14.2 Å². The van der Waals surface area contributed by atoms with Gasteiger partial charge in [0.15, 0.2) is 10.1 Å². The van der Waals surface area contributed by atoms with E-state index in [4.69, 9.17) is 17.7 Å². The van der Waals surface area contributed by atoms with Crippen LogP contribution in [0.5, 0.6) is 0 Å². The molecule has 180 valence electrons. The first-order valence-electron chi connectivity index (χ1n) is 8.81. The second-order valence-corrected chi connectivity index (χ2v) is 10.9. The third kappa shape index (κ3) is 7.62. The van der Waals surface area contributed by atoms with Crippen LogP contribution in [0.1, 0.15) is 27.7 Å². The molecule has 2 rings (SSSR count). The van der Waals surface area contributed by atoms with Crippen molar-refractivity contribution in [2.24, 2.45) is 7.05 Å². The summed E-state index contributed by atoms with van der Waals surface area (Å²) in [4.78, 5) is 13.8. The van der Waals surface area contributed by atoms with Crippen molar-refractivity contribution in [1.29, 1.82) is 0 Å². The van der Waals surface area contributed by atoms with Gasteiger partial charge in [0.25, 0.3) is 6.33 Å². The molecule has 2 heterocycles. The molecule has 31 heavy (non-hydrogen) atoms. The van der Waals surface area contributed by atoms with Gasteiger partial charge in [-0.15, -0.1) is 3.97 Å². The zero-order valence-electron chi connectivity index (χ0n) is 17.5. The summed E-state index contributed by atoms with van der Waals surface area (Å²) in [7, 11) is -7.94. The second-order valence-electron chi connectivity index (χ2n) is 7.70. The molecule has 1 aliphatic heterocycles. The molecular formula is C15H25F3N4O7S2. The highest BCUT2D eigenvalue weighted by Gasteiger charge is 2.38. The molecule has 0 aromatic carbocycles. The molecule has 0 radical (unpaired) electrons. The van der Waals surface area contributed by atoms with E-state index in [1.165, 1.54) is 20.8 Å². The molecule has 0 spiro atoms. The van der Waals surface area contributed by atoms with Crippen LogP contribution in [0.4, 0.5) is 18.0 Å². The minimum atomic E-state index is -6.09. The Kier molecular flexibility index (Phi) is 8.13. The molecule has 0 bridgehead atoms. The number of carbonyl (C=O) groups is 1. The van der Waals surface area contributed by atoms with Crippen LogP contribution in [0, 0.1) is 0 Å². The van der Waals surface area contributed by atoms with Gasteiger partial charge in [0, 0.05) is 25.7 Å². The van der Waals surface area contributed by atoms with Gasteiger partial charge in [-0.3, -0.25) is 0 Å². The standard InChI is InChI=1S/C14H25N4O4S.CHF3O3S/c1-12-10-16(23(20,21)17-7-6-15(5)11-17)8-9-18(12)13(19)22-14(2,3)4;2-1(3,4)8(5,6)7/h6-7,11-12H,8-10H2,1-5H3;(H,5,6,7)/q+1;/p-1/t12-;/m1./s1. The highest BCUT2D eigenvalue weighted by Crippen LogP contribution is 2.20. The van der Waals surface area contributed by atoms with Crippen molar-refractivity contribution in [1.82, 2.24) is 13.2 Å². The summed E-state index contributed by atoms with van der Waals surface area (Å²) >= 11 is 0. The van der Waals surface area contributed by atoms with E-state index in [1.807, 2.05) is 27.7 Å². The molecule has 0 saturated carbocycles.